The van der Waals surface area contributed by atoms with Gasteiger partial charge in [-0.2, -0.15) is 0 Å². The van der Waals surface area contributed by atoms with Crippen LogP contribution in [0.2, 0.25) is 0 Å². The zero-order valence-corrected chi connectivity index (χ0v) is 15.5. The molecule has 0 unspecified atom stereocenters. The van der Waals surface area contributed by atoms with Crippen molar-refractivity contribution in [3.63, 3.8) is 0 Å². The molecule has 1 aliphatic carbocycles. The van der Waals surface area contributed by atoms with Gasteiger partial charge in [0.25, 0.3) is 0 Å². The first-order valence-electron chi connectivity index (χ1n) is 9.09. The molecule has 1 spiro atoms. The SMILES string of the molecule is C=CC/C=C/C1(C)CCC2(CCNC2)CC1.CCCN(C)C. The zero-order chi connectivity index (χ0) is 16.5. The Hall–Kier alpha value is -0.600. The first-order valence-corrected chi connectivity index (χ1v) is 9.09. The monoisotopic (exact) mass is 306 g/mol. The molecule has 128 valence electrons. The van der Waals surface area contributed by atoms with Crippen molar-refractivity contribution < 1.29 is 0 Å². The minimum absolute atomic E-state index is 0.455. The third-order valence-electron chi connectivity index (χ3n) is 5.28. The van der Waals surface area contributed by atoms with Crippen LogP contribution < -0.4 is 5.32 Å². The average molecular weight is 307 g/mol. The Bertz CT molecular complexity index is 328. The van der Waals surface area contributed by atoms with Crippen LogP contribution in [-0.4, -0.2) is 38.6 Å². The number of nitrogens with zero attached hydrogens (tertiary/aromatic N) is 1. The number of nitrogens with one attached hydrogen (secondary N) is 1. The van der Waals surface area contributed by atoms with Crippen molar-refractivity contribution in [3.05, 3.63) is 24.8 Å². The highest BCUT2D eigenvalue weighted by Gasteiger charge is 2.40. The van der Waals surface area contributed by atoms with Gasteiger partial charge in [-0.1, -0.05) is 32.1 Å². The summed E-state index contributed by atoms with van der Waals surface area (Å²) in [6.45, 7) is 12.1. The van der Waals surface area contributed by atoms with Crippen LogP contribution in [0.3, 0.4) is 0 Å². The molecule has 2 heteroatoms. The number of allylic oxidation sites excluding steroid dienone is 3. The summed E-state index contributed by atoms with van der Waals surface area (Å²) in [4.78, 5) is 2.18. The summed E-state index contributed by atoms with van der Waals surface area (Å²) in [6, 6.07) is 0. The Morgan fingerprint density at radius 2 is 1.82 bits per heavy atom. The summed E-state index contributed by atoms with van der Waals surface area (Å²) < 4.78 is 0. The summed E-state index contributed by atoms with van der Waals surface area (Å²) >= 11 is 0. The van der Waals surface area contributed by atoms with Crippen LogP contribution >= 0.6 is 0 Å². The van der Waals surface area contributed by atoms with E-state index < -0.39 is 0 Å². The smallest absolute Gasteiger partial charge is 0.000830 e. The highest BCUT2D eigenvalue weighted by Crippen LogP contribution is 2.48. The van der Waals surface area contributed by atoms with Crippen molar-refractivity contribution in [2.45, 2.75) is 58.8 Å². The first kappa shape index (κ1) is 19.4. The fourth-order valence-corrected chi connectivity index (χ4v) is 3.64. The van der Waals surface area contributed by atoms with Crippen LogP contribution in [0.1, 0.15) is 58.8 Å². The predicted molar refractivity (Wildman–Crippen MR) is 99.3 cm³/mol. The molecule has 1 aliphatic heterocycles. The quantitative estimate of drug-likeness (QED) is 0.745. The first-order chi connectivity index (χ1) is 10.5. The molecule has 0 atom stereocenters. The molecule has 2 nitrogen and oxygen atoms in total. The Morgan fingerprint density at radius 3 is 2.23 bits per heavy atom. The van der Waals surface area contributed by atoms with Gasteiger partial charge >= 0.3 is 0 Å². The maximum Gasteiger partial charge on any atom is 0.000830 e. The topological polar surface area (TPSA) is 15.3 Å². The normalized spacial score (nSPS) is 31.5. The van der Waals surface area contributed by atoms with Gasteiger partial charge in [-0.25, -0.2) is 0 Å². The Kier molecular flexibility index (Phi) is 8.41. The van der Waals surface area contributed by atoms with E-state index in [1.54, 1.807) is 0 Å². The fraction of sp³-hybridized carbons (Fsp3) is 0.800. The lowest BCUT2D eigenvalue weighted by Crippen LogP contribution is -2.33. The molecule has 0 bridgehead atoms. The molecular weight excluding hydrogens is 268 g/mol. The zero-order valence-electron chi connectivity index (χ0n) is 15.5. The van der Waals surface area contributed by atoms with E-state index in [1.165, 1.54) is 58.2 Å². The second-order valence-corrected chi connectivity index (χ2v) is 7.81. The second-order valence-electron chi connectivity index (χ2n) is 7.81. The molecule has 0 aromatic carbocycles. The lowest BCUT2D eigenvalue weighted by atomic mass is 9.64. The summed E-state index contributed by atoms with van der Waals surface area (Å²) in [6.07, 6.45) is 15.9. The molecule has 0 radical (unpaired) electrons. The molecule has 1 saturated heterocycles. The molecular formula is C20H38N2. The molecule has 2 rings (SSSR count). The van der Waals surface area contributed by atoms with Gasteiger partial charge in [0.15, 0.2) is 0 Å². The molecule has 2 fully saturated rings. The van der Waals surface area contributed by atoms with Crippen molar-refractivity contribution in [2.75, 3.05) is 33.7 Å². The molecule has 2 aliphatic rings. The molecule has 0 aromatic heterocycles. The number of rotatable bonds is 5. The third-order valence-corrected chi connectivity index (χ3v) is 5.28. The van der Waals surface area contributed by atoms with Crippen LogP contribution in [0, 0.1) is 10.8 Å². The standard InChI is InChI=1S/C15H25N.C5H13N/c1-3-4-5-6-14(2)7-9-15(10-8-14)11-12-16-13-15;1-4-5-6(2)3/h3,5-6,16H,1,4,7-13H2,2H3;4-5H2,1-3H3/b6-5+;. The van der Waals surface area contributed by atoms with Crippen molar-refractivity contribution >= 4 is 0 Å². The van der Waals surface area contributed by atoms with Crippen LogP contribution in [0.5, 0.6) is 0 Å². The third kappa shape index (κ3) is 6.66. The number of hydrogen-bond acceptors (Lipinski definition) is 2. The van der Waals surface area contributed by atoms with Crippen LogP contribution in [0.4, 0.5) is 0 Å². The lowest BCUT2D eigenvalue weighted by molar-refractivity contribution is 0.137. The van der Waals surface area contributed by atoms with Gasteiger partial charge in [0.2, 0.25) is 0 Å². The van der Waals surface area contributed by atoms with E-state index in [4.69, 9.17) is 0 Å². The predicted octanol–water partition coefficient (Wildman–Crippen LogP) is 4.64. The summed E-state index contributed by atoms with van der Waals surface area (Å²) in [5, 5.41) is 3.53. The van der Waals surface area contributed by atoms with Gasteiger partial charge in [0.1, 0.15) is 0 Å². The number of hydrogen-bond donors (Lipinski definition) is 1. The van der Waals surface area contributed by atoms with Gasteiger partial charge in [0.05, 0.1) is 0 Å². The van der Waals surface area contributed by atoms with Crippen LogP contribution in [-0.2, 0) is 0 Å². The van der Waals surface area contributed by atoms with Gasteiger partial charge < -0.3 is 10.2 Å². The molecule has 1 saturated carbocycles. The summed E-state index contributed by atoms with van der Waals surface area (Å²) in [7, 11) is 4.17. The Morgan fingerprint density at radius 1 is 1.14 bits per heavy atom. The van der Waals surface area contributed by atoms with Crippen LogP contribution in [0.15, 0.2) is 24.8 Å². The minimum atomic E-state index is 0.455. The maximum absolute atomic E-state index is 3.76. The second kappa shape index (κ2) is 9.52. The van der Waals surface area contributed by atoms with E-state index in [0.717, 1.165) is 6.42 Å². The van der Waals surface area contributed by atoms with Crippen LogP contribution in [0.25, 0.3) is 0 Å². The van der Waals surface area contributed by atoms with Gasteiger partial charge in [-0.05, 0) is 83.0 Å². The highest BCUT2D eigenvalue weighted by molar-refractivity contribution is 5.05. The summed E-state index contributed by atoms with van der Waals surface area (Å²) in [5.41, 5.74) is 1.11. The van der Waals surface area contributed by atoms with E-state index in [2.05, 4.69) is 56.9 Å². The molecule has 0 amide bonds. The van der Waals surface area contributed by atoms with E-state index in [1.807, 2.05) is 6.08 Å². The van der Waals surface area contributed by atoms with Gasteiger partial charge in [-0.15, -0.1) is 6.58 Å². The van der Waals surface area contributed by atoms with E-state index >= 15 is 0 Å². The largest absolute Gasteiger partial charge is 0.316 e. The lowest BCUT2D eigenvalue weighted by Gasteiger charge is -2.41. The molecule has 22 heavy (non-hydrogen) atoms. The van der Waals surface area contributed by atoms with E-state index in [0.29, 0.717) is 10.8 Å². The fourth-order valence-electron chi connectivity index (χ4n) is 3.64. The van der Waals surface area contributed by atoms with Crippen molar-refractivity contribution in [1.82, 2.24) is 10.2 Å². The van der Waals surface area contributed by atoms with E-state index in [-0.39, 0.29) is 0 Å². The Labute approximate surface area is 139 Å². The van der Waals surface area contributed by atoms with Crippen molar-refractivity contribution in [2.24, 2.45) is 10.8 Å². The van der Waals surface area contributed by atoms with Gasteiger partial charge in [0, 0.05) is 6.54 Å². The van der Waals surface area contributed by atoms with E-state index in [9.17, 15) is 0 Å². The minimum Gasteiger partial charge on any atom is -0.316 e. The Balaban J connectivity index is 0.000000346. The maximum atomic E-state index is 3.76. The molecule has 0 aromatic rings. The average Bonchev–Trinajstić information content (AvgIpc) is 2.93. The molecule has 1 heterocycles. The highest BCUT2D eigenvalue weighted by atomic mass is 15.0. The van der Waals surface area contributed by atoms with Crippen molar-refractivity contribution in [1.29, 1.82) is 0 Å². The van der Waals surface area contributed by atoms with Gasteiger partial charge in [-0.3, -0.25) is 0 Å². The summed E-state index contributed by atoms with van der Waals surface area (Å²) in [5.74, 6) is 0. The van der Waals surface area contributed by atoms with Crippen molar-refractivity contribution in [3.8, 4) is 0 Å². The molecule has 1 N–H and O–H groups in total.